The van der Waals surface area contributed by atoms with Crippen LogP contribution in [0.5, 0.6) is 11.5 Å². The Bertz CT molecular complexity index is 441. The number of rotatable bonds is 8. The lowest BCUT2D eigenvalue weighted by Crippen LogP contribution is -2.43. The van der Waals surface area contributed by atoms with Crippen LogP contribution in [-0.4, -0.2) is 37.0 Å². The number of nitrogens with one attached hydrogen (secondary N) is 1. The highest BCUT2D eigenvalue weighted by atomic mass is 16.5. The van der Waals surface area contributed by atoms with Gasteiger partial charge in [0.05, 0.1) is 7.11 Å². The quantitative estimate of drug-likeness (QED) is 0.765. The van der Waals surface area contributed by atoms with Crippen LogP contribution in [-0.2, 0) is 6.42 Å². The van der Waals surface area contributed by atoms with Gasteiger partial charge < -0.3 is 19.9 Å². The second-order valence-electron chi connectivity index (χ2n) is 5.78. The van der Waals surface area contributed by atoms with Crippen molar-refractivity contribution in [3.8, 4) is 11.5 Å². The smallest absolute Gasteiger partial charge is 0.161 e. The maximum Gasteiger partial charge on any atom is 0.161 e. The molecule has 1 unspecified atom stereocenters. The Morgan fingerprint density at radius 1 is 1.35 bits per heavy atom. The zero-order chi connectivity index (χ0) is 14.6. The number of hydrogen-bond acceptors (Lipinski definition) is 4. The van der Waals surface area contributed by atoms with Crippen LogP contribution in [0.15, 0.2) is 18.2 Å². The minimum absolute atomic E-state index is 0.245. The van der Waals surface area contributed by atoms with Crippen molar-refractivity contribution < 1.29 is 14.6 Å². The second kappa shape index (κ2) is 6.46. The molecule has 0 aromatic heterocycles. The molecule has 1 atom stereocenters. The molecule has 112 valence electrons. The summed E-state index contributed by atoms with van der Waals surface area (Å²) in [5.74, 6) is 1.40. The molecule has 0 aliphatic heterocycles. The Balaban J connectivity index is 1.91. The fraction of sp³-hybridized carbons (Fsp3) is 0.625. The van der Waals surface area contributed by atoms with Crippen LogP contribution in [0.3, 0.4) is 0 Å². The topological polar surface area (TPSA) is 50.7 Å². The highest BCUT2D eigenvalue weighted by Crippen LogP contribution is 2.29. The van der Waals surface area contributed by atoms with Gasteiger partial charge in [0.1, 0.15) is 12.2 Å². The molecule has 4 heteroatoms. The van der Waals surface area contributed by atoms with Crippen molar-refractivity contribution in [1.29, 1.82) is 0 Å². The molecule has 1 aromatic carbocycles. The fourth-order valence-corrected chi connectivity index (χ4v) is 1.99. The number of benzene rings is 1. The summed E-state index contributed by atoms with van der Waals surface area (Å²) in [6.07, 6.45) is 3.38. The first-order chi connectivity index (χ1) is 9.54. The van der Waals surface area contributed by atoms with Crippen LogP contribution in [0.2, 0.25) is 0 Å². The van der Waals surface area contributed by atoms with E-state index in [0.29, 0.717) is 18.3 Å². The average molecular weight is 279 g/mol. The summed E-state index contributed by atoms with van der Waals surface area (Å²) in [5.41, 5.74) is 0.327. The van der Waals surface area contributed by atoms with E-state index in [9.17, 15) is 5.11 Å². The molecule has 4 nitrogen and oxygen atoms in total. The highest BCUT2D eigenvalue weighted by molar-refractivity contribution is 5.43. The molecule has 2 N–H and O–H groups in total. The third-order valence-electron chi connectivity index (χ3n) is 3.52. The van der Waals surface area contributed by atoms with Crippen molar-refractivity contribution in [3.05, 3.63) is 23.8 Å². The van der Waals surface area contributed by atoms with Crippen LogP contribution < -0.4 is 14.8 Å². The molecule has 0 amide bonds. The van der Waals surface area contributed by atoms with Crippen molar-refractivity contribution in [2.24, 2.45) is 0 Å². The number of aliphatic hydroxyl groups is 1. The molecule has 1 fully saturated rings. The molecule has 1 aromatic rings. The van der Waals surface area contributed by atoms with Gasteiger partial charge in [-0.2, -0.15) is 0 Å². The normalized spacial score (nSPS) is 17.6. The van der Waals surface area contributed by atoms with Crippen LogP contribution in [0.1, 0.15) is 32.3 Å². The SMILES string of the molecule is CCc1ccc(OCC(C)(O)CNC2CC2)c(OC)c1. The van der Waals surface area contributed by atoms with Gasteiger partial charge in [-0.1, -0.05) is 13.0 Å². The van der Waals surface area contributed by atoms with E-state index in [2.05, 4.69) is 12.2 Å². The number of methoxy groups -OCH3 is 1. The van der Waals surface area contributed by atoms with E-state index in [1.54, 1.807) is 14.0 Å². The summed E-state index contributed by atoms with van der Waals surface area (Å²) in [7, 11) is 1.63. The Morgan fingerprint density at radius 2 is 2.10 bits per heavy atom. The highest BCUT2D eigenvalue weighted by Gasteiger charge is 2.27. The zero-order valence-electron chi connectivity index (χ0n) is 12.6. The molecular weight excluding hydrogens is 254 g/mol. The van der Waals surface area contributed by atoms with Crippen molar-refractivity contribution in [2.45, 2.75) is 44.8 Å². The molecular formula is C16H25NO3. The first-order valence-corrected chi connectivity index (χ1v) is 7.29. The van der Waals surface area contributed by atoms with E-state index in [4.69, 9.17) is 9.47 Å². The number of ether oxygens (including phenoxy) is 2. The molecule has 20 heavy (non-hydrogen) atoms. The maximum absolute atomic E-state index is 10.3. The van der Waals surface area contributed by atoms with Crippen LogP contribution >= 0.6 is 0 Å². The van der Waals surface area contributed by atoms with Crippen molar-refractivity contribution in [1.82, 2.24) is 5.32 Å². The molecule has 1 saturated carbocycles. The Kier molecular flexibility index (Phi) is 4.89. The Hall–Kier alpha value is -1.26. The Morgan fingerprint density at radius 3 is 2.70 bits per heavy atom. The van der Waals surface area contributed by atoms with Crippen LogP contribution in [0.4, 0.5) is 0 Å². The monoisotopic (exact) mass is 279 g/mol. The van der Waals surface area contributed by atoms with E-state index < -0.39 is 5.60 Å². The first kappa shape index (κ1) is 15.1. The summed E-state index contributed by atoms with van der Waals surface area (Å²) in [4.78, 5) is 0. The first-order valence-electron chi connectivity index (χ1n) is 7.29. The molecule has 0 radical (unpaired) electrons. The van der Waals surface area contributed by atoms with Crippen molar-refractivity contribution in [3.63, 3.8) is 0 Å². The summed E-state index contributed by atoms with van der Waals surface area (Å²) in [6.45, 7) is 4.68. The lowest BCUT2D eigenvalue weighted by molar-refractivity contribution is 0.0113. The summed E-state index contributed by atoms with van der Waals surface area (Å²) >= 11 is 0. The molecule has 1 aliphatic rings. The van der Waals surface area contributed by atoms with Gasteiger partial charge in [-0.25, -0.2) is 0 Å². The lowest BCUT2D eigenvalue weighted by atomic mass is 10.1. The van der Waals surface area contributed by atoms with E-state index in [1.807, 2.05) is 18.2 Å². The fourth-order valence-electron chi connectivity index (χ4n) is 1.99. The number of hydrogen-bond donors (Lipinski definition) is 2. The van der Waals surface area contributed by atoms with Gasteiger partial charge in [0.15, 0.2) is 11.5 Å². The lowest BCUT2D eigenvalue weighted by Gasteiger charge is -2.24. The van der Waals surface area contributed by atoms with Gasteiger partial charge in [-0.3, -0.25) is 0 Å². The van der Waals surface area contributed by atoms with Gasteiger partial charge in [-0.15, -0.1) is 0 Å². The van der Waals surface area contributed by atoms with Gasteiger partial charge in [0.2, 0.25) is 0 Å². The molecule has 0 heterocycles. The molecule has 0 spiro atoms. The van der Waals surface area contributed by atoms with Crippen LogP contribution in [0, 0.1) is 0 Å². The zero-order valence-corrected chi connectivity index (χ0v) is 12.6. The average Bonchev–Trinajstić information content (AvgIpc) is 3.27. The molecule has 0 saturated heterocycles. The van der Waals surface area contributed by atoms with E-state index in [-0.39, 0.29) is 6.61 Å². The standard InChI is InChI=1S/C16H25NO3/c1-4-12-5-8-14(15(9-12)19-3)20-11-16(2,18)10-17-13-6-7-13/h5,8-9,13,17-18H,4,6-7,10-11H2,1-3H3. The number of aryl methyl sites for hydroxylation is 1. The van der Waals surface area contributed by atoms with E-state index in [1.165, 1.54) is 18.4 Å². The van der Waals surface area contributed by atoms with Gasteiger partial charge in [0, 0.05) is 12.6 Å². The minimum atomic E-state index is -0.878. The molecule has 2 rings (SSSR count). The maximum atomic E-state index is 10.3. The summed E-state index contributed by atoms with van der Waals surface area (Å²) < 4.78 is 11.1. The summed E-state index contributed by atoms with van der Waals surface area (Å²) in [6, 6.07) is 6.49. The predicted molar refractivity (Wildman–Crippen MR) is 79.5 cm³/mol. The van der Waals surface area contributed by atoms with E-state index in [0.717, 1.165) is 12.2 Å². The Labute approximate surface area is 121 Å². The van der Waals surface area contributed by atoms with E-state index >= 15 is 0 Å². The summed E-state index contributed by atoms with van der Waals surface area (Å²) in [5, 5.41) is 13.6. The second-order valence-corrected chi connectivity index (χ2v) is 5.78. The minimum Gasteiger partial charge on any atom is -0.493 e. The third kappa shape index (κ3) is 4.39. The van der Waals surface area contributed by atoms with Gasteiger partial charge in [0.25, 0.3) is 0 Å². The van der Waals surface area contributed by atoms with Crippen molar-refractivity contribution in [2.75, 3.05) is 20.3 Å². The van der Waals surface area contributed by atoms with Gasteiger partial charge in [-0.05, 0) is 43.9 Å². The van der Waals surface area contributed by atoms with Crippen LogP contribution in [0.25, 0.3) is 0 Å². The predicted octanol–water partition coefficient (Wildman–Crippen LogP) is 2.14. The largest absolute Gasteiger partial charge is 0.493 e. The molecule has 1 aliphatic carbocycles. The third-order valence-corrected chi connectivity index (χ3v) is 3.52. The van der Waals surface area contributed by atoms with Gasteiger partial charge >= 0.3 is 0 Å². The van der Waals surface area contributed by atoms with Crippen molar-refractivity contribution >= 4 is 0 Å². The molecule has 0 bridgehead atoms.